The van der Waals surface area contributed by atoms with Gasteiger partial charge in [-0.15, -0.1) is 0 Å². The maximum Gasteiger partial charge on any atom is 0.119 e. The van der Waals surface area contributed by atoms with Crippen molar-refractivity contribution in [3.05, 3.63) is 65.2 Å². The summed E-state index contributed by atoms with van der Waals surface area (Å²) in [5, 5.41) is 0. The zero-order valence-electron chi connectivity index (χ0n) is 12.7. The molecule has 0 saturated heterocycles. The predicted octanol–water partition coefficient (Wildman–Crippen LogP) is 4.50. The molecule has 0 saturated carbocycles. The summed E-state index contributed by atoms with van der Waals surface area (Å²) >= 11 is 0. The van der Waals surface area contributed by atoms with Gasteiger partial charge in [0.1, 0.15) is 18.5 Å². The Morgan fingerprint density at radius 2 is 1.86 bits per heavy atom. The average Bonchev–Trinajstić information content (AvgIpc) is 2.53. The molecule has 2 aromatic rings. The minimum Gasteiger partial charge on any atom is -0.491 e. The first-order valence-electron chi connectivity index (χ1n) is 7.66. The van der Waals surface area contributed by atoms with Crippen LogP contribution in [0.3, 0.4) is 0 Å². The van der Waals surface area contributed by atoms with Crippen LogP contribution >= 0.6 is 0 Å². The predicted molar refractivity (Wildman–Crippen MR) is 84.9 cm³/mol. The minimum absolute atomic E-state index is 0.0414. The molecule has 0 bridgehead atoms. The molecule has 2 heteroatoms. The van der Waals surface area contributed by atoms with Crippen molar-refractivity contribution in [3.63, 3.8) is 0 Å². The van der Waals surface area contributed by atoms with Gasteiger partial charge in [0.15, 0.2) is 0 Å². The van der Waals surface area contributed by atoms with Gasteiger partial charge in [-0.1, -0.05) is 50.2 Å². The van der Waals surface area contributed by atoms with E-state index < -0.39 is 0 Å². The van der Waals surface area contributed by atoms with Crippen LogP contribution in [-0.2, 0) is 11.2 Å². The van der Waals surface area contributed by atoms with Gasteiger partial charge in [0.2, 0.25) is 0 Å². The summed E-state index contributed by atoms with van der Waals surface area (Å²) in [6, 6.07) is 16.8. The summed E-state index contributed by atoms with van der Waals surface area (Å²) in [7, 11) is 0. The Morgan fingerprint density at radius 1 is 1.10 bits per heavy atom. The fourth-order valence-electron chi connectivity index (χ4n) is 2.74. The summed E-state index contributed by atoms with van der Waals surface area (Å²) in [4.78, 5) is 0. The van der Waals surface area contributed by atoms with Crippen LogP contribution in [-0.4, -0.2) is 13.2 Å². The van der Waals surface area contributed by atoms with E-state index >= 15 is 0 Å². The SMILES string of the molecule is CC(C)c1ccc(OCC2OCCc3ccccc32)cc1. The van der Waals surface area contributed by atoms with E-state index in [4.69, 9.17) is 9.47 Å². The molecule has 1 aliphatic heterocycles. The van der Waals surface area contributed by atoms with Crippen LogP contribution in [0.4, 0.5) is 0 Å². The Labute approximate surface area is 126 Å². The maximum absolute atomic E-state index is 5.91. The monoisotopic (exact) mass is 282 g/mol. The Morgan fingerprint density at radius 3 is 2.62 bits per heavy atom. The third-order valence-electron chi connectivity index (χ3n) is 4.04. The van der Waals surface area contributed by atoms with Gasteiger partial charge < -0.3 is 9.47 Å². The van der Waals surface area contributed by atoms with Crippen molar-refractivity contribution in [1.82, 2.24) is 0 Å². The van der Waals surface area contributed by atoms with Crippen LogP contribution < -0.4 is 4.74 Å². The molecule has 0 N–H and O–H groups in total. The van der Waals surface area contributed by atoms with E-state index in [0.29, 0.717) is 12.5 Å². The third kappa shape index (κ3) is 3.27. The highest BCUT2D eigenvalue weighted by molar-refractivity contribution is 5.32. The molecule has 1 aliphatic rings. The molecule has 0 aromatic heterocycles. The van der Waals surface area contributed by atoms with Crippen molar-refractivity contribution >= 4 is 0 Å². The molecule has 2 nitrogen and oxygen atoms in total. The zero-order valence-corrected chi connectivity index (χ0v) is 12.7. The van der Waals surface area contributed by atoms with E-state index in [1.807, 2.05) is 12.1 Å². The van der Waals surface area contributed by atoms with Gasteiger partial charge >= 0.3 is 0 Å². The molecule has 0 aliphatic carbocycles. The molecule has 0 spiro atoms. The highest BCUT2D eigenvalue weighted by Crippen LogP contribution is 2.28. The minimum atomic E-state index is 0.0414. The van der Waals surface area contributed by atoms with Crippen molar-refractivity contribution in [2.75, 3.05) is 13.2 Å². The maximum atomic E-state index is 5.91. The van der Waals surface area contributed by atoms with Gasteiger partial charge in [0, 0.05) is 0 Å². The largest absolute Gasteiger partial charge is 0.491 e. The van der Waals surface area contributed by atoms with Crippen LogP contribution in [0.25, 0.3) is 0 Å². The summed E-state index contributed by atoms with van der Waals surface area (Å²) in [6.45, 7) is 5.74. The van der Waals surface area contributed by atoms with Gasteiger partial charge in [0.25, 0.3) is 0 Å². The van der Waals surface area contributed by atoms with E-state index in [9.17, 15) is 0 Å². The molecule has 0 radical (unpaired) electrons. The van der Waals surface area contributed by atoms with Crippen molar-refractivity contribution < 1.29 is 9.47 Å². The molecule has 110 valence electrons. The molecule has 1 atom stereocenters. The normalized spacial score (nSPS) is 17.6. The lowest BCUT2D eigenvalue weighted by Gasteiger charge is -2.26. The number of ether oxygens (including phenoxy) is 2. The van der Waals surface area contributed by atoms with E-state index in [1.54, 1.807) is 0 Å². The molecular weight excluding hydrogens is 260 g/mol. The van der Waals surface area contributed by atoms with Gasteiger partial charge in [-0.05, 0) is 41.2 Å². The second-order valence-electron chi connectivity index (χ2n) is 5.84. The van der Waals surface area contributed by atoms with Crippen molar-refractivity contribution in [2.24, 2.45) is 0 Å². The fraction of sp³-hybridized carbons (Fsp3) is 0.368. The molecule has 21 heavy (non-hydrogen) atoms. The Balaban J connectivity index is 1.66. The molecule has 3 rings (SSSR count). The molecule has 1 unspecified atom stereocenters. The van der Waals surface area contributed by atoms with E-state index in [1.165, 1.54) is 16.7 Å². The number of fused-ring (bicyclic) bond motifs is 1. The van der Waals surface area contributed by atoms with Gasteiger partial charge in [-0.2, -0.15) is 0 Å². The average molecular weight is 282 g/mol. The highest BCUT2D eigenvalue weighted by atomic mass is 16.5. The van der Waals surface area contributed by atoms with Crippen LogP contribution in [0.5, 0.6) is 5.75 Å². The molecule has 1 heterocycles. The molecule has 0 fully saturated rings. The Hall–Kier alpha value is -1.80. The summed E-state index contributed by atoms with van der Waals surface area (Å²) < 4.78 is 11.8. The van der Waals surface area contributed by atoms with Gasteiger partial charge in [-0.3, -0.25) is 0 Å². The number of benzene rings is 2. The first kappa shape index (κ1) is 14.2. The van der Waals surface area contributed by atoms with Crippen molar-refractivity contribution in [2.45, 2.75) is 32.3 Å². The number of rotatable bonds is 4. The molecule has 2 aromatic carbocycles. The lowest BCUT2D eigenvalue weighted by molar-refractivity contribution is 0.0102. The number of hydrogen-bond acceptors (Lipinski definition) is 2. The van der Waals surface area contributed by atoms with Crippen LogP contribution in [0, 0.1) is 0 Å². The standard InChI is InChI=1S/C19H22O2/c1-14(2)15-7-9-17(10-8-15)21-13-19-18-6-4-3-5-16(18)11-12-20-19/h3-10,14,19H,11-13H2,1-2H3. The van der Waals surface area contributed by atoms with Crippen LogP contribution in [0.15, 0.2) is 48.5 Å². The van der Waals surface area contributed by atoms with Crippen LogP contribution in [0.1, 0.15) is 42.6 Å². The second-order valence-corrected chi connectivity index (χ2v) is 5.84. The third-order valence-corrected chi connectivity index (χ3v) is 4.04. The first-order chi connectivity index (χ1) is 10.2. The van der Waals surface area contributed by atoms with Crippen molar-refractivity contribution in [1.29, 1.82) is 0 Å². The Bertz CT molecular complexity index is 587. The summed E-state index contributed by atoms with van der Waals surface area (Å²) in [5.74, 6) is 1.46. The lowest BCUT2D eigenvalue weighted by Crippen LogP contribution is -2.21. The smallest absolute Gasteiger partial charge is 0.119 e. The Kier molecular flexibility index (Phi) is 4.26. The van der Waals surface area contributed by atoms with Gasteiger partial charge in [0.05, 0.1) is 6.61 Å². The van der Waals surface area contributed by atoms with E-state index in [-0.39, 0.29) is 6.10 Å². The summed E-state index contributed by atoms with van der Waals surface area (Å²) in [6.07, 6.45) is 1.04. The second kappa shape index (κ2) is 6.31. The first-order valence-corrected chi connectivity index (χ1v) is 7.66. The molecule has 0 amide bonds. The zero-order chi connectivity index (χ0) is 14.7. The van der Waals surface area contributed by atoms with Crippen molar-refractivity contribution in [3.8, 4) is 5.75 Å². The van der Waals surface area contributed by atoms with E-state index in [0.717, 1.165) is 18.8 Å². The quantitative estimate of drug-likeness (QED) is 0.822. The van der Waals surface area contributed by atoms with Crippen LogP contribution in [0.2, 0.25) is 0 Å². The number of hydrogen-bond donors (Lipinski definition) is 0. The molecular formula is C19H22O2. The van der Waals surface area contributed by atoms with E-state index in [2.05, 4.69) is 50.2 Å². The van der Waals surface area contributed by atoms with Gasteiger partial charge in [-0.25, -0.2) is 0 Å². The lowest BCUT2D eigenvalue weighted by atomic mass is 9.98. The highest BCUT2D eigenvalue weighted by Gasteiger charge is 2.20. The summed E-state index contributed by atoms with van der Waals surface area (Å²) in [5.41, 5.74) is 3.98. The fourth-order valence-corrected chi connectivity index (χ4v) is 2.74. The topological polar surface area (TPSA) is 18.5 Å².